The molecule has 7 fully saturated rings. The topological polar surface area (TPSA) is 250 Å². The molecule has 4 aromatic carbocycles. The second kappa shape index (κ2) is 26.8. The van der Waals surface area contributed by atoms with Crippen molar-refractivity contribution in [1.29, 1.82) is 0 Å². The lowest BCUT2D eigenvalue weighted by Crippen LogP contribution is -2.53. The van der Waals surface area contributed by atoms with Gasteiger partial charge in [0.2, 0.25) is 11.8 Å². The summed E-state index contributed by atoms with van der Waals surface area (Å²) in [6.07, 6.45) is 8.63. The number of anilines is 1. The molecule has 2 bridgehead atoms. The van der Waals surface area contributed by atoms with Gasteiger partial charge >= 0.3 is 12.1 Å². The van der Waals surface area contributed by atoms with Crippen LogP contribution in [0.3, 0.4) is 0 Å². The highest BCUT2D eigenvalue weighted by atomic mass is 32.1. The maximum atomic E-state index is 17.1. The molecule has 4 aromatic heterocycles. The number of carbonyl (C=O) groups excluding carboxylic acids is 3. The van der Waals surface area contributed by atoms with E-state index in [0.717, 1.165) is 127 Å². The largest absolute Gasteiger partial charge is 0.486 e. The van der Waals surface area contributed by atoms with Crippen LogP contribution in [0.25, 0.3) is 54.6 Å². The molecular weight excluding hydrogens is 1270 g/mol. The van der Waals surface area contributed by atoms with Gasteiger partial charge in [0.25, 0.3) is 0 Å². The number of ether oxygens (including phenoxy) is 5. The molecule has 25 heteroatoms. The molecule has 1 aliphatic carbocycles. The number of halogens is 1. The number of hydrogen-bond donors (Lipinski definition) is 3. The molecular formula is C73H86FN13O10S. The smallest absolute Gasteiger partial charge is 0.410 e. The van der Waals surface area contributed by atoms with E-state index in [-0.39, 0.29) is 80.4 Å². The van der Waals surface area contributed by atoms with Crippen molar-refractivity contribution < 1.29 is 52.7 Å². The first-order valence-electron chi connectivity index (χ1n) is 34.8. The minimum Gasteiger partial charge on any atom is -0.486 e. The zero-order valence-electron chi connectivity index (χ0n) is 56.6. The highest BCUT2D eigenvalue weighted by Crippen LogP contribution is 2.54. The highest BCUT2D eigenvalue weighted by molar-refractivity contribution is 7.13. The molecule has 3 amide bonds. The van der Waals surface area contributed by atoms with Crippen LogP contribution in [0.1, 0.15) is 145 Å². The maximum absolute atomic E-state index is 17.1. The summed E-state index contributed by atoms with van der Waals surface area (Å²) in [7, 11) is 0. The molecule has 1 unspecified atom stereocenters. The summed E-state index contributed by atoms with van der Waals surface area (Å²) in [5.41, 5.74) is 9.81. The Kier molecular flexibility index (Phi) is 18.0. The highest BCUT2D eigenvalue weighted by Gasteiger charge is 2.49. The van der Waals surface area contributed by atoms with Crippen molar-refractivity contribution >= 4 is 56.9 Å². The third-order valence-electron chi connectivity index (χ3n) is 20.8. The first-order valence-corrected chi connectivity index (χ1v) is 35.7. The second-order valence-corrected chi connectivity index (χ2v) is 29.9. The Balaban J connectivity index is 0.750. The van der Waals surface area contributed by atoms with Crippen molar-refractivity contribution in [3.8, 4) is 44.6 Å². The van der Waals surface area contributed by atoms with Gasteiger partial charge in [0, 0.05) is 79.3 Å². The van der Waals surface area contributed by atoms with Gasteiger partial charge in [-0.3, -0.25) is 14.5 Å². The van der Waals surface area contributed by atoms with Crippen molar-refractivity contribution in [3.05, 3.63) is 112 Å². The van der Waals surface area contributed by atoms with Gasteiger partial charge in [-0.25, -0.2) is 23.5 Å². The van der Waals surface area contributed by atoms with Gasteiger partial charge in [-0.15, -0.1) is 16.4 Å². The summed E-state index contributed by atoms with van der Waals surface area (Å²) in [5.74, 6) is -0.258. The lowest BCUT2D eigenvalue weighted by Gasteiger charge is -2.41. The van der Waals surface area contributed by atoms with Crippen molar-refractivity contribution in [2.24, 2.45) is 5.92 Å². The minimum absolute atomic E-state index is 0.0283. The molecule has 7 atom stereocenters. The van der Waals surface area contributed by atoms with E-state index in [1.165, 1.54) is 20.9 Å². The molecule has 0 radical (unpaired) electrons. The molecule has 23 nitrogen and oxygen atoms in total. The number of aliphatic hydroxyl groups excluding tert-OH is 2. The van der Waals surface area contributed by atoms with Crippen molar-refractivity contribution in [2.75, 3.05) is 64.1 Å². The van der Waals surface area contributed by atoms with Crippen molar-refractivity contribution in [1.82, 2.24) is 59.7 Å². The lowest BCUT2D eigenvalue weighted by atomic mass is 9.88. The lowest BCUT2D eigenvalue weighted by molar-refractivity contribution is -0.142. The summed E-state index contributed by atoms with van der Waals surface area (Å²) in [4.78, 5) is 66.9. The van der Waals surface area contributed by atoms with Gasteiger partial charge in [-0.2, -0.15) is 15.1 Å². The van der Waals surface area contributed by atoms with E-state index < -0.39 is 41.6 Å². The maximum Gasteiger partial charge on any atom is 0.410 e. The fraction of sp³-hybridized carbons (Fsp3) is 0.521. The molecule has 0 spiro atoms. The molecule has 8 aromatic rings. The number of piperazine rings is 1. The molecule has 7 aliphatic rings. The van der Waals surface area contributed by atoms with Crippen LogP contribution in [0.15, 0.2) is 78.6 Å². The van der Waals surface area contributed by atoms with Crippen LogP contribution in [0.4, 0.5) is 15.0 Å². The minimum atomic E-state index is -1.00. The summed E-state index contributed by atoms with van der Waals surface area (Å²) < 4.78 is 52.6. The number of nitrogens with zero attached hydrogens (tertiary/aromatic N) is 12. The normalized spacial score (nSPS) is 22.3. The summed E-state index contributed by atoms with van der Waals surface area (Å²) >= 11 is 1.54. The summed E-state index contributed by atoms with van der Waals surface area (Å²) in [5, 5.41) is 40.1. The van der Waals surface area contributed by atoms with Gasteiger partial charge in [0.15, 0.2) is 12.0 Å². The Bertz CT molecular complexity index is 4290. The average molecular weight is 1360 g/mol. The van der Waals surface area contributed by atoms with E-state index in [0.29, 0.717) is 70.7 Å². The number of piperidine rings is 1. The van der Waals surface area contributed by atoms with E-state index in [9.17, 15) is 24.6 Å². The predicted octanol–water partition coefficient (Wildman–Crippen LogP) is 10.4. The van der Waals surface area contributed by atoms with Crippen LogP contribution in [-0.4, -0.2) is 184 Å². The van der Waals surface area contributed by atoms with Crippen LogP contribution < -0.4 is 19.7 Å². The van der Waals surface area contributed by atoms with Crippen LogP contribution in [0, 0.1) is 25.6 Å². The predicted molar refractivity (Wildman–Crippen MR) is 366 cm³/mol. The van der Waals surface area contributed by atoms with Crippen molar-refractivity contribution in [2.45, 2.75) is 179 Å². The second-order valence-electron chi connectivity index (χ2n) is 29.0. The quantitative estimate of drug-likeness (QED) is 0.0681. The number of aromatic nitrogens is 8. The summed E-state index contributed by atoms with van der Waals surface area (Å²) in [6.45, 7) is 17.7. The molecule has 15 rings (SSSR count). The number of thiazole rings is 1. The van der Waals surface area contributed by atoms with E-state index in [1.54, 1.807) is 17.8 Å². The van der Waals surface area contributed by atoms with Crippen LogP contribution >= 0.6 is 11.3 Å². The molecule has 6 saturated heterocycles. The first kappa shape index (κ1) is 65.7. The Morgan fingerprint density at radius 2 is 1.64 bits per heavy atom. The Morgan fingerprint density at radius 1 is 0.867 bits per heavy atom. The van der Waals surface area contributed by atoms with Gasteiger partial charge in [0.05, 0.1) is 84.1 Å². The molecule has 10 heterocycles. The van der Waals surface area contributed by atoms with Gasteiger partial charge in [-0.05, 0) is 132 Å². The number of aryl methyl sites for hydroxylation is 1. The number of β-amino-alcohol motifs (C(OH)–C–C–N with tert-alkyl or cyclic N) is 1. The number of fused-ring (bicyclic) bond motifs is 4. The monoisotopic (exact) mass is 1360 g/mol. The van der Waals surface area contributed by atoms with E-state index in [4.69, 9.17) is 38.8 Å². The number of nitrogens with one attached hydrogen (secondary N) is 1. The van der Waals surface area contributed by atoms with Gasteiger partial charge < -0.3 is 53.9 Å². The SMILES string of the molecule is Cc1ncsc1-c1ccc([C@H](CO)NC(=O)[C@@H]2C[C@@H](O)CN2C(=O)[C@H](C(C)C)n2cc(-c3ccc(COc4c(-c5c(C)c(F)cc6c5cnn6C5CCCCO5)c(C5CC5)cc5c(N6C[C@@H]7C[C@H]6CN7C(=O)OC(C)(C)C)nc(OC6CCN(C7COC7)CC6)nc45)cc3)nn2)cc1. The first-order chi connectivity index (χ1) is 47.3. The number of aliphatic hydroxyl groups is 2. The third-order valence-corrected chi connectivity index (χ3v) is 21.7. The van der Waals surface area contributed by atoms with Crippen LogP contribution in [0.2, 0.25) is 0 Å². The number of benzene rings is 4. The number of amides is 3. The zero-order valence-corrected chi connectivity index (χ0v) is 57.4. The van der Waals surface area contributed by atoms with Crippen LogP contribution in [0.5, 0.6) is 11.8 Å². The number of hydrogen-bond acceptors (Lipinski definition) is 19. The number of rotatable bonds is 19. The summed E-state index contributed by atoms with van der Waals surface area (Å²) in [6, 6.07) is 17.0. The van der Waals surface area contributed by atoms with Gasteiger partial charge in [0.1, 0.15) is 53.2 Å². The number of carbonyl (C=O) groups is 3. The third kappa shape index (κ3) is 12.9. The molecule has 1 saturated carbocycles. The van der Waals surface area contributed by atoms with E-state index in [2.05, 4.69) is 36.5 Å². The standard InChI is InChI=1S/C73H86FN13O10S/c1-40(2)65(70(91)85-33-51(89)27-60(85)69(90)77-58(35-88)46-17-19-47(20-18-46)67-42(4)75-39-98-67)86-34-57(80-81-86)45-13-11-43(12-14-45)36-95-66-63(62-41(3)56(74)29-59-55(62)30-76-87(59)61-10-8-9-25-94-61)53(44-15-16-44)28-54-64(66)78-71(96-52-21-23-82(24-22-52)50-37-93-38-50)79-68(54)83-31-49-26-48(83)32-84(49)72(92)97-73(5,6)7/h11-14,17-20,28-30,34,39-40,44,48-52,58,60-61,65,88-89H,8-10,15-16,21-27,31-33,35-38H2,1-7H3,(H,77,90)/t48-,49-,51+,58-,60-,61?,65-/m0/s1. The average Bonchev–Trinajstić information content (AvgIpc) is 1.32. The van der Waals surface area contributed by atoms with E-state index in [1.807, 2.05) is 113 Å². The fourth-order valence-corrected chi connectivity index (χ4v) is 16.2. The van der Waals surface area contributed by atoms with Crippen molar-refractivity contribution in [3.63, 3.8) is 0 Å². The molecule has 3 N–H and O–H groups in total. The Morgan fingerprint density at radius 3 is 2.31 bits per heavy atom. The fourth-order valence-electron chi connectivity index (χ4n) is 15.3. The Hall–Kier alpha value is -8.20. The molecule has 98 heavy (non-hydrogen) atoms. The molecule has 6 aliphatic heterocycles. The van der Waals surface area contributed by atoms with Gasteiger partial charge in [-0.1, -0.05) is 67.6 Å². The molecule has 516 valence electrons. The zero-order chi connectivity index (χ0) is 67.8. The number of likely N-dealkylation sites (tertiary alicyclic amines) is 3. The van der Waals surface area contributed by atoms with Crippen LogP contribution in [-0.2, 0) is 30.4 Å². The van der Waals surface area contributed by atoms with E-state index >= 15 is 4.39 Å². The Labute approximate surface area is 572 Å².